The highest BCUT2D eigenvalue weighted by Crippen LogP contribution is 2.38. The Kier molecular flexibility index (Phi) is 3.79. The highest BCUT2D eigenvalue weighted by molar-refractivity contribution is 5.95. The van der Waals surface area contributed by atoms with E-state index in [0.29, 0.717) is 6.04 Å². The molecule has 0 unspecified atom stereocenters. The summed E-state index contributed by atoms with van der Waals surface area (Å²) in [5.74, 6) is 0.183. The van der Waals surface area contributed by atoms with E-state index in [4.69, 9.17) is 0 Å². The van der Waals surface area contributed by atoms with E-state index in [1.54, 1.807) is 0 Å². The largest absolute Gasteiger partial charge is 0.326 e. The van der Waals surface area contributed by atoms with Crippen molar-refractivity contribution in [2.24, 2.45) is 5.41 Å². The van der Waals surface area contributed by atoms with Crippen LogP contribution in [0.5, 0.6) is 0 Å². The lowest BCUT2D eigenvalue weighted by atomic mass is 9.88. The van der Waals surface area contributed by atoms with Gasteiger partial charge in [0.25, 0.3) is 0 Å². The van der Waals surface area contributed by atoms with E-state index in [1.807, 2.05) is 12.1 Å². The minimum atomic E-state index is -0.164. The molecular weight excluding hydrogens is 248 g/mol. The van der Waals surface area contributed by atoms with Crippen molar-refractivity contribution >= 4 is 11.6 Å². The third-order valence-corrected chi connectivity index (χ3v) is 4.61. The van der Waals surface area contributed by atoms with Gasteiger partial charge in [-0.2, -0.15) is 0 Å². The number of nitrogens with one attached hydrogen (secondary N) is 2. The van der Waals surface area contributed by atoms with Crippen molar-refractivity contribution in [3.8, 4) is 0 Å². The molecule has 20 heavy (non-hydrogen) atoms. The van der Waals surface area contributed by atoms with Crippen LogP contribution in [0.4, 0.5) is 5.69 Å². The summed E-state index contributed by atoms with van der Waals surface area (Å²) in [5, 5.41) is 6.60. The van der Waals surface area contributed by atoms with Crippen molar-refractivity contribution in [2.75, 3.05) is 5.32 Å². The van der Waals surface area contributed by atoms with Gasteiger partial charge in [0.15, 0.2) is 0 Å². The maximum Gasteiger partial charge on any atom is 0.230 e. The second kappa shape index (κ2) is 5.57. The molecular formula is C17H24N2O. The molecule has 2 aliphatic carbocycles. The van der Waals surface area contributed by atoms with Gasteiger partial charge >= 0.3 is 0 Å². The van der Waals surface area contributed by atoms with E-state index < -0.39 is 0 Å². The first-order valence-electron chi connectivity index (χ1n) is 7.79. The zero-order valence-electron chi connectivity index (χ0n) is 12.2. The maximum absolute atomic E-state index is 12.4. The van der Waals surface area contributed by atoms with Crippen molar-refractivity contribution in [1.82, 2.24) is 5.32 Å². The smallest absolute Gasteiger partial charge is 0.230 e. The van der Waals surface area contributed by atoms with E-state index in [1.165, 1.54) is 31.2 Å². The molecule has 3 rings (SSSR count). The summed E-state index contributed by atoms with van der Waals surface area (Å²) in [5.41, 5.74) is 2.01. The van der Waals surface area contributed by atoms with Crippen LogP contribution in [0.3, 0.4) is 0 Å². The Hall–Kier alpha value is -1.35. The predicted octanol–water partition coefficient (Wildman–Crippen LogP) is 3.46. The van der Waals surface area contributed by atoms with Gasteiger partial charge in [0.1, 0.15) is 0 Å². The van der Waals surface area contributed by atoms with Crippen LogP contribution >= 0.6 is 0 Å². The van der Waals surface area contributed by atoms with Gasteiger partial charge in [0.2, 0.25) is 5.91 Å². The quantitative estimate of drug-likeness (QED) is 0.862. The number of anilines is 1. The van der Waals surface area contributed by atoms with Gasteiger partial charge < -0.3 is 10.6 Å². The Balaban J connectivity index is 1.61. The topological polar surface area (TPSA) is 41.1 Å². The molecule has 1 amide bonds. The van der Waals surface area contributed by atoms with E-state index in [2.05, 4.69) is 29.7 Å². The van der Waals surface area contributed by atoms with Crippen molar-refractivity contribution in [3.63, 3.8) is 0 Å². The van der Waals surface area contributed by atoms with E-state index in [9.17, 15) is 4.79 Å². The number of carbonyl (C=O) groups is 1. The Morgan fingerprint density at radius 1 is 1.30 bits per heavy atom. The fourth-order valence-corrected chi connectivity index (χ4v) is 2.97. The van der Waals surface area contributed by atoms with Crippen LogP contribution in [0.1, 0.15) is 51.0 Å². The van der Waals surface area contributed by atoms with Gasteiger partial charge in [0.05, 0.1) is 0 Å². The summed E-state index contributed by atoms with van der Waals surface area (Å²) in [4.78, 5) is 12.4. The molecule has 0 radical (unpaired) electrons. The van der Waals surface area contributed by atoms with Crippen LogP contribution in [-0.2, 0) is 11.3 Å². The average Bonchev–Trinajstić information content (AvgIpc) is 3.17. The zero-order chi connectivity index (χ0) is 14.0. The molecule has 108 valence electrons. The molecule has 0 spiro atoms. The lowest BCUT2D eigenvalue weighted by Gasteiger charge is -2.22. The van der Waals surface area contributed by atoms with Crippen molar-refractivity contribution in [1.29, 1.82) is 0 Å². The number of rotatable bonds is 5. The molecule has 1 aromatic rings. The Morgan fingerprint density at radius 3 is 2.75 bits per heavy atom. The van der Waals surface area contributed by atoms with Gasteiger partial charge in [0, 0.05) is 23.7 Å². The van der Waals surface area contributed by atoms with Crippen molar-refractivity contribution in [2.45, 2.75) is 58.0 Å². The number of amides is 1. The minimum absolute atomic E-state index is 0.164. The first-order chi connectivity index (χ1) is 9.66. The number of carbonyl (C=O) groups excluding carboxylic acids is 1. The molecule has 2 aliphatic rings. The number of hydrogen-bond acceptors (Lipinski definition) is 2. The van der Waals surface area contributed by atoms with Crippen molar-refractivity contribution < 1.29 is 4.79 Å². The summed E-state index contributed by atoms with van der Waals surface area (Å²) in [6, 6.07) is 8.92. The zero-order valence-corrected chi connectivity index (χ0v) is 12.2. The van der Waals surface area contributed by atoms with Crippen LogP contribution in [0.15, 0.2) is 24.3 Å². The van der Waals surface area contributed by atoms with Gasteiger partial charge in [-0.05, 0) is 43.4 Å². The molecule has 3 nitrogen and oxygen atoms in total. The molecule has 0 saturated heterocycles. The van der Waals surface area contributed by atoms with E-state index in [-0.39, 0.29) is 11.3 Å². The summed E-state index contributed by atoms with van der Waals surface area (Å²) in [6.07, 6.45) is 6.98. The van der Waals surface area contributed by atoms with Crippen LogP contribution < -0.4 is 10.6 Å². The van der Waals surface area contributed by atoms with Crippen LogP contribution in [-0.4, -0.2) is 11.9 Å². The lowest BCUT2D eigenvalue weighted by molar-refractivity contribution is -0.124. The highest BCUT2D eigenvalue weighted by atomic mass is 16.2. The molecule has 0 aromatic heterocycles. The fraction of sp³-hybridized carbons (Fsp3) is 0.588. The first kappa shape index (κ1) is 13.6. The van der Waals surface area contributed by atoms with Gasteiger partial charge in [-0.1, -0.05) is 31.9 Å². The number of benzene rings is 1. The lowest BCUT2D eigenvalue weighted by Crippen LogP contribution is -2.30. The number of hydrogen-bond donors (Lipinski definition) is 2. The average molecular weight is 272 g/mol. The third-order valence-electron chi connectivity index (χ3n) is 4.61. The van der Waals surface area contributed by atoms with E-state index >= 15 is 0 Å². The normalized spacial score (nSPS) is 20.9. The van der Waals surface area contributed by atoms with Gasteiger partial charge in [-0.15, -0.1) is 0 Å². The first-order valence-corrected chi connectivity index (χ1v) is 7.79. The summed E-state index contributed by atoms with van der Waals surface area (Å²) in [7, 11) is 0. The van der Waals surface area contributed by atoms with Crippen LogP contribution in [0.25, 0.3) is 0 Å². The Labute approximate surface area is 121 Å². The van der Waals surface area contributed by atoms with Gasteiger partial charge in [-0.25, -0.2) is 0 Å². The summed E-state index contributed by atoms with van der Waals surface area (Å²) < 4.78 is 0. The fourth-order valence-electron chi connectivity index (χ4n) is 2.97. The van der Waals surface area contributed by atoms with Crippen LogP contribution in [0, 0.1) is 5.41 Å². The predicted molar refractivity (Wildman–Crippen MR) is 81.5 cm³/mol. The standard InChI is InChI=1S/C17H24N2O/c1-17(9-2-3-10-17)16(20)19-15-6-4-5-13(11-15)12-18-14-7-8-14/h4-6,11,14,18H,2-3,7-10,12H2,1H3,(H,19,20). The molecule has 2 N–H and O–H groups in total. The third kappa shape index (κ3) is 3.21. The van der Waals surface area contributed by atoms with Crippen LogP contribution in [0.2, 0.25) is 0 Å². The molecule has 0 bridgehead atoms. The van der Waals surface area contributed by atoms with Gasteiger partial charge in [-0.3, -0.25) is 4.79 Å². The molecule has 1 aromatic carbocycles. The molecule has 3 heteroatoms. The maximum atomic E-state index is 12.4. The highest BCUT2D eigenvalue weighted by Gasteiger charge is 2.36. The second-order valence-electron chi connectivity index (χ2n) is 6.58. The minimum Gasteiger partial charge on any atom is -0.326 e. The monoisotopic (exact) mass is 272 g/mol. The second-order valence-corrected chi connectivity index (χ2v) is 6.58. The molecule has 0 atom stereocenters. The van der Waals surface area contributed by atoms with E-state index in [0.717, 1.165) is 25.1 Å². The Morgan fingerprint density at radius 2 is 2.05 bits per heavy atom. The Bertz CT molecular complexity index is 488. The SMILES string of the molecule is CC1(C(=O)Nc2cccc(CNC3CC3)c2)CCCC1. The molecule has 0 aliphatic heterocycles. The summed E-state index contributed by atoms with van der Waals surface area (Å²) >= 11 is 0. The van der Waals surface area contributed by atoms with Crippen molar-refractivity contribution in [3.05, 3.63) is 29.8 Å². The molecule has 0 heterocycles. The molecule has 2 fully saturated rings. The summed E-state index contributed by atoms with van der Waals surface area (Å²) in [6.45, 7) is 2.99. The molecule has 2 saturated carbocycles.